The largest absolute Gasteiger partial charge is 0.294 e. The van der Waals surface area contributed by atoms with Crippen molar-refractivity contribution < 1.29 is 14.4 Å². The van der Waals surface area contributed by atoms with Gasteiger partial charge in [-0.05, 0) is 12.1 Å². The van der Waals surface area contributed by atoms with Crippen molar-refractivity contribution in [1.82, 2.24) is 0 Å². The lowest BCUT2D eigenvalue weighted by molar-refractivity contribution is -0.124. The topological polar surface area (TPSA) is 54.5 Å². The van der Waals surface area contributed by atoms with Gasteiger partial charge in [-0.1, -0.05) is 26.0 Å². The first-order valence-electron chi connectivity index (χ1n) is 5.80. The average Bonchev–Trinajstić information content (AvgIpc) is 2.27. The summed E-state index contributed by atoms with van der Waals surface area (Å²) >= 11 is 0. The number of hydrogen-bond acceptors (Lipinski definition) is 3. The first kappa shape index (κ1) is 14.1. The van der Waals surface area contributed by atoms with E-state index in [2.05, 4.69) is 0 Å². The van der Waals surface area contributed by atoms with Crippen LogP contribution in [-0.4, -0.2) is 17.6 Å². The number of Topliss-reactive ketones (excluding diaryl/α,β-unsaturated/α-hetero) is 1. The number of hydrogen-bond donors (Lipinski definition) is 0. The van der Waals surface area contributed by atoms with E-state index in [9.17, 15) is 14.4 Å². The summed E-state index contributed by atoms with van der Waals surface area (Å²) in [6, 6.07) is 6.66. The van der Waals surface area contributed by atoms with Gasteiger partial charge in [-0.2, -0.15) is 0 Å². The van der Waals surface area contributed by atoms with Gasteiger partial charge in [-0.15, -0.1) is 0 Å². The van der Waals surface area contributed by atoms with Crippen LogP contribution in [0.4, 0.5) is 5.69 Å². The summed E-state index contributed by atoms with van der Waals surface area (Å²) in [5.74, 6) is -1.07. The lowest BCUT2D eigenvalue weighted by atomic mass is 9.99. The Kier molecular flexibility index (Phi) is 4.37. The van der Waals surface area contributed by atoms with Crippen molar-refractivity contribution in [1.29, 1.82) is 0 Å². The highest BCUT2D eigenvalue weighted by atomic mass is 16.2. The van der Waals surface area contributed by atoms with Crippen LogP contribution in [-0.2, 0) is 9.59 Å². The molecule has 0 N–H and O–H groups in total. The molecule has 0 unspecified atom stereocenters. The van der Waals surface area contributed by atoms with Crippen molar-refractivity contribution in [3.63, 3.8) is 0 Å². The van der Waals surface area contributed by atoms with Crippen LogP contribution in [0.25, 0.3) is 0 Å². The van der Waals surface area contributed by atoms with Gasteiger partial charge < -0.3 is 0 Å². The third-order valence-electron chi connectivity index (χ3n) is 2.56. The van der Waals surface area contributed by atoms with E-state index in [-0.39, 0.29) is 11.7 Å². The molecule has 0 spiro atoms. The molecule has 0 aliphatic carbocycles. The molecule has 4 nitrogen and oxygen atoms in total. The fraction of sp³-hybridized carbons (Fsp3) is 0.357. The monoisotopic (exact) mass is 247 g/mol. The molecule has 0 fully saturated rings. The molecule has 0 aliphatic rings. The van der Waals surface area contributed by atoms with Crippen LogP contribution >= 0.6 is 0 Å². The molecular weight excluding hydrogens is 230 g/mol. The van der Waals surface area contributed by atoms with Crippen molar-refractivity contribution in [3.05, 3.63) is 29.8 Å². The normalized spacial score (nSPS) is 10.3. The van der Waals surface area contributed by atoms with Gasteiger partial charge in [0.1, 0.15) is 0 Å². The Bertz CT molecular complexity index is 478. The summed E-state index contributed by atoms with van der Waals surface area (Å²) in [5, 5.41) is 0. The van der Waals surface area contributed by atoms with Gasteiger partial charge in [0, 0.05) is 25.3 Å². The molecule has 1 aromatic rings. The maximum atomic E-state index is 12.1. The molecule has 0 bridgehead atoms. The van der Waals surface area contributed by atoms with Crippen molar-refractivity contribution >= 4 is 23.3 Å². The second kappa shape index (κ2) is 5.58. The van der Waals surface area contributed by atoms with Gasteiger partial charge in [0.05, 0.1) is 5.69 Å². The summed E-state index contributed by atoms with van der Waals surface area (Å²) in [7, 11) is 0. The number of carbonyl (C=O) groups excluding carboxylic acids is 3. The van der Waals surface area contributed by atoms with Gasteiger partial charge >= 0.3 is 0 Å². The molecule has 0 heterocycles. The first-order valence-corrected chi connectivity index (χ1v) is 5.80. The first-order chi connectivity index (χ1) is 8.36. The standard InChI is InChI=1S/C14H17NO3/c1-9(2)14(18)12-7-5-6-8-13(12)15(10(3)16)11(4)17/h5-9H,1-4H3. The number of ketones is 1. The van der Waals surface area contributed by atoms with E-state index in [1.165, 1.54) is 13.8 Å². The van der Waals surface area contributed by atoms with Crippen LogP contribution in [0.2, 0.25) is 0 Å². The SMILES string of the molecule is CC(=O)N(C(C)=O)c1ccccc1C(=O)C(C)C. The molecule has 0 saturated carbocycles. The smallest absolute Gasteiger partial charge is 0.230 e. The third kappa shape index (κ3) is 2.83. The van der Waals surface area contributed by atoms with E-state index in [1.807, 2.05) is 0 Å². The Morgan fingerprint density at radius 3 is 1.94 bits per heavy atom. The van der Waals surface area contributed by atoms with E-state index < -0.39 is 11.8 Å². The minimum absolute atomic E-state index is 0.0851. The maximum absolute atomic E-state index is 12.1. The summed E-state index contributed by atoms with van der Waals surface area (Å²) in [5.41, 5.74) is 0.758. The van der Waals surface area contributed by atoms with Crippen LogP contribution in [0.15, 0.2) is 24.3 Å². The molecule has 18 heavy (non-hydrogen) atoms. The number of amides is 2. The molecule has 0 aromatic heterocycles. The Balaban J connectivity index is 3.36. The van der Waals surface area contributed by atoms with E-state index in [1.54, 1.807) is 38.1 Å². The van der Waals surface area contributed by atoms with Crippen molar-refractivity contribution in [2.75, 3.05) is 4.90 Å². The number of anilines is 1. The van der Waals surface area contributed by atoms with Crippen molar-refractivity contribution in [3.8, 4) is 0 Å². The Hall–Kier alpha value is -1.97. The highest BCUT2D eigenvalue weighted by molar-refractivity contribution is 6.17. The second-order valence-corrected chi connectivity index (χ2v) is 4.41. The van der Waals surface area contributed by atoms with Crippen LogP contribution < -0.4 is 4.90 Å². The zero-order chi connectivity index (χ0) is 13.9. The van der Waals surface area contributed by atoms with Gasteiger partial charge in [0.2, 0.25) is 11.8 Å². The highest BCUT2D eigenvalue weighted by Gasteiger charge is 2.23. The van der Waals surface area contributed by atoms with Crippen LogP contribution in [0.5, 0.6) is 0 Å². The van der Waals surface area contributed by atoms with Crippen molar-refractivity contribution in [2.45, 2.75) is 27.7 Å². The van der Waals surface area contributed by atoms with Gasteiger partial charge in [0.15, 0.2) is 5.78 Å². The lowest BCUT2D eigenvalue weighted by Crippen LogP contribution is -2.34. The van der Waals surface area contributed by atoms with Crippen LogP contribution in [0.1, 0.15) is 38.1 Å². The fourth-order valence-electron chi connectivity index (χ4n) is 1.75. The zero-order valence-corrected chi connectivity index (χ0v) is 11.1. The van der Waals surface area contributed by atoms with Gasteiger partial charge in [0.25, 0.3) is 0 Å². The number of carbonyl (C=O) groups is 3. The Morgan fingerprint density at radius 2 is 1.50 bits per heavy atom. The zero-order valence-electron chi connectivity index (χ0n) is 11.1. The van der Waals surface area contributed by atoms with E-state index >= 15 is 0 Å². The van der Waals surface area contributed by atoms with Crippen LogP contribution in [0.3, 0.4) is 0 Å². The van der Waals surface area contributed by atoms with Gasteiger partial charge in [-0.3, -0.25) is 19.3 Å². The Morgan fingerprint density at radius 1 is 1.00 bits per heavy atom. The average molecular weight is 247 g/mol. The fourth-order valence-corrected chi connectivity index (χ4v) is 1.75. The molecule has 0 saturated heterocycles. The number of rotatable bonds is 3. The quantitative estimate of drug-likeness (QED) is 0.771. The van der Waals surface area contributed by atoms with E-state index in [0.717, 1.165) is 4.90 Å². The van der Waals surface area contributed by atoms with Gasteiger partial charge in [-0.25, -0.2) is 0 Å². The molecule has 0 aliphatic heterocycles. The third-order valence-corrected chi connectivity index (χ3v) is 2.56. The van der Waals surface area contributed by atoms with Crippen molar-refractivity contribution in [2.24, 2.45) is 5.92 Å². The Labute approximate surface area is 107 Å². The van der Waals surface area contributed by atoms with E-state index in [0.29, 0.717) is 11.3 Å². The number of imide groups is 1. The predicted molar refractivity (Wildman–Crippen MR) is 69.5 cm³/mol. The summed E-state index contributed by atoms with van der Waals surface area (Å²) in [6.07, 6.45) is 0. The van der Waals surface area contributed by atoms with E-state index in [4.69, 9.17) is 0 Å². The molecular formula is C14H17NO3. The summed E-state index contributed by atoms with van der Waals surface area (Å²) in [4.78, 5) is 36.1. The molecule has 0 radical (unpaired) electrons. The predicted octanol–water partition coefficient (Wildman–Crippen LogP) is 2.42. The molecule has 96 valence electrons. The molecule has 4 heteroatoms. The summed E-state index contributed by atoms with van der Waals surface area (Å²) < 4.78 is 0. The molecule has 1 rings (SSSR count). The molecule has 2 amide bonds. The summed E-state index contributed by atoms with van der Waals surface area (Å²) in [6.45, 7) is 6.17. The van der Waals surface area contributed by atoms with Crippen LogP contribution in [0, 0.1) is 5.92 Å². The molecule has 1 aromatic carbocycles. The molecule has 0 atom stereocenters. The minimum atomic E-state index is -0.397. The second-order valence-electron chi connectivity index (χ2n) is 4.41. The number of para-hydroxylation sites is 1. The highest BCUT2D eigenvalue weighted by Crippen LogP contribution is 2.23. The maximum Gasteiger partial charge on any atom is 0.230 e. The minimum Gasteiger partial charge on any atom is -0.294 e. The number of nitrogens with zero attached hydrogens (tertiary/aromatic N) is 1. The number of benzene rings is 1. The lowest BCUT2D eigenvalue weighted by Gasteiger charge is -2.20.